The minimum Gasteiger partial charge on any atom is -0.308 e. The monoisotopic (exact) mass is 481 g/mol. The molecule has 0 radical (unpaired) electrons. The number of carbonyl (C=O) groups is 1. The van der Waals surface area contributed by atoms with Gasteiger partial charge >= 0.3 is 0 Å². The number of thiazole rings is 1. The van der Waals surface area contributed by atoms with Crippen molar-refractivity contribution in [1.29, 1.82) is 0 Å². The van der Waals surface area contributed by atoms with Crippen molar-refractivity contribution >= 4 is 39.2 Å². The molecule has 0 spiro atoms. The number of aromatic nitrogens is 1. The standard InChI is InChI=1S/C31H32N2OS/c1-3-8-23-9-7-12-28(19-23)33(31(34)26-10-5-4-6-11-26)21-24-13-15-25(16-14-24)27-17-18-29-30(20-27)35-22(2)32-29/h3,7-9,12-20,26H,4-6,10-11,21H2,1-2H3/b8-3+/i21D. The number of carbonyl (C=O) groups excluding carboxylic acids is 1. The first kappa shape index (κ1) is 22.2. The van der Waals surface area contributed by atoms with Gasteiger partial charge in [-0.2, -0.15) is 0 Å². The Hall–Kier alpha value is -3.24. The van der Waals surface area contributed by atoms with E-state index in [2.05, 4.69) is 35.3 Å². The van der Waals surface area contributed by atoms with Crippen LogP contribution in [-0.4, -0.2) is 10.9 Å². The van der Waals surface area contributed by atoms with E-state index >= 15 is 0 Å². The highest BCUT2D eigenvalue weighted by Crippen LogP contribution is 2.31. The minimum absolute atomic E-state index is 0.00849. The molecule has 35 heavy (non-hydrogen) atoms. The zero-order valence-corrected chi connectivity index (χ0v) is 21.2. The van der Waals surface area contributed by atoms with Gasteiger partial charge in [-0.1, -0.05) is 73.9 Å². The first-order valence-corrected chi connectivity index (χ1v) is 13.3. The van der Waals surface area contributed by atoms with Crippen LogP contribution < -0.4 is 4.90 Å². The van der Waals surface area contributed by atoms with E-state index in [9.17, 15) is 6.17 Å². The fourth-order valence-electron chi connectivity index (χ4n) is 4.91. The minimum atomic E-state index is -0.805. The molecule has 3 nitrogen and oxygen atoms in total. The van der Waals surface area contributed by atoms with Crippen molar-refractivity contribution in [3.05, 3.63) is 88.9 Å². The molecule has 1 heterocycles. The van der Waals surface area contributed by atoms with Gasteiger partial charge in [0.25, 0.3) is 0 Å². The second kappa shape index (κ2) is 10.6. The highest BCUT2D eigenvalue weighted by atomic mass is 32.1. The number of allylic oxidation sites excluding steroid dienone is 1. The Morgan fingerprint density at radius 1 is 1.06 bits per heavy atom. The van der Waals surface area contributed by atoms with Crippen LogP contribution >= 0.6 is 11.3 Å². The van der Waals surface area contributed by atoms with Crippen molar-refractivity contribution in [3.63, 3.8) is 0 Å². The maximum atomic E-state index is 13.8. The van der Waals surface area contributed by atoms with E-state index in [-0.39, 0.29) is 11.8 Å². The van der Waals surface area contributed by atoms with Gasteiger partial charge < -0.3 is 4.90 Å². The first-order valence-electron chi connectivity index (χ1n) is 13.1. The summed E-state index contributed by atoms with van der Waals surface area (Å²) >= 11 is 1.70. The van der Waals surface area contributed by atoms with Crippen LogP contribution in [0.25, 0.3) is 27.4 Å². The zero-order valence-electron chi connectivity index (χ0n) is 21.4. The number of anilines is 1. The Labute approximate surface area is 213 Å². The highest BCUT2D eigenvalue weighted by Gasteiger charge is 2.27. The van der Waals surface area contributed by atoms with E-state index in [0.717, 1.165) is 64.1 Å². The van der Waals surface area contributed by atoms with Crippen molar-refractivity contribution in [3.8, 4) is 11.1 Å². The molecule has 1 fully saturated rings. The van der Waals surface area contributed by atoms with Crippen LogP contribution in [0.15, 0.2) is 72.8 Å². The largest absolute Gasteiger partial charge is 0.308 e. The molecule has 1 saturated carbocycles. The summed E-state index contributed by atoms with van der Waals surface area (Å²) in [5.74, 6) is 0.0632. The maximum absolute atomic E-state index is 13.8. The number of aryl methyl sites for hydroxylation is 1. The Morgan fingerprint density at radius 3 is 2.60 bits per heavy atom. The van der Waals surface area contributed by atoms with E-state index in [4.69, 9.17) is 0 Å². The summed E-state index contributed by atoms with van der Waals surface area (Å²) in [5.41, 5.74) is 5.90. The molecule has 5 rings (SSSR count). The Morgan fingerprint density at radius 2 is 1.83 bits per heavy atom. The third kappa shape index (κ3) is 5.38. The van der Waals surface area contributed by atoms with Crippen molar-refractivity contribution in [2.24, 2.45) is 5.92 Å². The molecule has 0 saturated heterocycles. The molecule has 4 heteroatoms. The predicted octanol–water partition coefficient (Wildman–Crippen LogP) is 8.42. The quantitative estimate of drug-likeness (QED) is 0.277. The number of rotatable bonds is 6. The lowest BCUT2D eigenvalue weighted by Crippen LogP contribution is -2.36. The van der Waals surface area contributed by atoms with Gasteiger partial charge in [0.1, 0.15) is 0 Å². The van der Waals surface area contributed by atoms with Crippen molar-refractivity contribution in [1.82, 2.24) is 4.98 Å². The normalized spacial score (nSPS) is 15.9. The molecule has 1 atom stereocenters. The summed E-state index contributed by atoms with van der Waals surface area (Å²) in [7, 11) is 0. The van der Waals surface area contributed by atoms with Gasteiger partial charge in [-0.05, 0) is 73.2 Å². The highest BCUT2D eigenvalue weighted by molar-refractivity contribution is 7.18. The SMILES string of the molecule is [2H]C(c1ccc(-c2ccc3nc(C)sc3c2)cc1)N(C(=O)C1CCCCC1)c1cccc(/C=C/C)c1. The maximum Gasteiger partial charge on any atom is 0.230 e. The molecule has 4 aromatic rings. The number of amides is 1. The van der Waals surface area contributed by atoms with Crippen LogP contribution in [-0.2, 0) is 11.3 Å². The van der Waals surface area contributed by atoms with E-state index in [0.29, 0.717) is 0 Å². The lowest BCUT2D eigenvalue weighted by atomic mass is 9.88. The van der Waals surface area contributed by atoms with Crippen molar-refractivity contribution in [2.75, 3.05) is 4.90 Å². The Bertz CT molecular complexity index is 1390. The molecule has 0 bridgehead atoms. The van der Waals surface area contributed by atoms with E-state index < -0.39 is 6.52 Å². The summed E-state index contributed by atoms with van der Waals surface area (Å²) in [4.78, 5) is 20.1. The average Bonchev–Trinajstić information content (AvgIpc) is 3.29. The Balaban J connectivity index is 1.46. The van der Waals surface area contributed by atoms with Gasteiger partial charge in [0.05, 0.1) is 23.1 Å². The lowest BCUT2D eigenvalue weighted by molar-refractivity contribution is -0.123. The molecule has 178 valence electrons. The molecular formula is C31H32N2OS. The summed E-state index contributed by atoms with van der Waals surface area (Å²) in [6.45, 7) is 3.21. The van der Waals surface area contributed by atoms with E-state index in [1.165, 1.54) is 11.1 Å². The van der Waals surface area contributed by atoms with Gasteiger partial charge in [-0.25, -0.2) is 4.98 Å². The number of hydrogen-bond acceptors (Lipinski definition) is 3. The second-order valence-corrected chi connectivity index (χ2v) is 10.5. The van der Waals surface area contributed by atoms with E-state index in [1.54, 1.807) is 16.2 Å². The molecule has 1 unspecified atom stereocenters. The van der Waals surface area contributed by atoms with Crippen molar-refractivity contribution < 1.29 is 6.17 Å². The molecule has 1 aliphatic rings. The first-order chi connectivity index (χ1) is 17.5. The lowest BCUT2D eigenvalue weighted by Gasteiger charge is -2.30. The van der Waals surface area contributed by atoms with Gasteiger partial charge in [0, 0.05) is 11.6 Å². The smallest absolute Gasteiger partial charge is 0.230 e. The van der Waals surface area contributed by atoms with Gasteiger partial charge in [0.15, 0.2) is 0 Å². The number of benzene rings is 3. The molecule has 1 aromatic heterocycles. The molecule has 0 aliphatic heterocycles. The third-order valence-corrected chi connectivity index (χ3v) is 7.65. The third-order valence-electron chi connectivity index (χ3n) is 6.72. The zero-order chi connectivity index (χ0) is 25.1. The topological polar surface area (TPSA) is 33.2 Å². The van der Waals surface area contributed by atoms with Crippen LogP contribution in [0.2, 0.25) is 0 Å². The second-order valence-electron chi connectivity index (χ2n) is 9.30. The van der Waals surface area contributed by atoms with Crippen LogP contribution in [0.1, 0.15) is 56.5 Å². The summed E-state index contributed by atoms with van der Waals surface area (Å²) in [6.07, 6.45) is 9.22. The molecule has 0 N–H and O–H groups in total. The van der Waals surface area contributed by atoms with Crippen molar-refractivity contribution in [2.45, 2.75) is 52.5 Å². The summed E-state index contributed by atoms with van der Waals surface area (Å²) in [6, 6.07) is 22.4. The van der Waals surface area contributed by atoms with Crippen LogP contribution in [0.3, 0.4) is 0 Å². The van der Waals surface area contributed by atoms with Gasteiger partial charge in [-0.15, -0.1) is 11.3 Å². The van der Waals surface area contributed by atoms with Crippen LogP contribution in [0.4, 0.5) is 5.69 Å². The fourth-order valence-corrected chi connectivity index (χ4v) is 5.78. The predicted molar refractivity (Wildman–Crippen MR) is 149 cm³/mol. The molecular weight excluding hydrogens is 448 g/mol. The number of fused-ring (bicyclic) bond motifs is 1. The Kier molecular flexibility index (Phi) is 6.72. The molecule has 1 amide bonds. The molecule has 3 aromatic carbocycles. The van der Waals surface area contributed by atoms with E-state index in [1.807, 2.05) is 62.4 Å². The molecule has 1 aliphatic carbocycles. The van der Waals surface area contributed by atoms with Gasteiger partial charge in [0.2, 0.25) is 5.91 Å². The summed E-state index contributed by atoms with van der Waals surface area (Å²) in [5, 5.41) is 1.07. The van der Waals surface area contributed by atoms with Crippen LogP contribution in [0, 0.1) is 12.8 Å². The summed E-state index contributed by atoms with van der Waals surface area (Å²) < 4.78 is 10.4. The average molecular weight is 482 g/mol. The number of hydrogen-bond donors (Lipinski definition) is 0. The fraction of sp³-hybridized carbons (Fsp3) is 0.290. The van der Waals surface area contributed by atoms with Gasteiger partial charge in [-0.3, -0.25) is 4.79 Å². The number of nitrogens with zero attached hydrogens (tertiary/aromatic N) is 2. The van der Waals surface area contributed by atoms with Crippen LogP contribution in [0.5, 0.6) is 0 Å².